The van der Waals surface area contributed by atoms with E-state index in [-0.39, 0.29) is 0 Å². The van der Waals surface area contributed by atoms with Crippen LogP contribution in [0.4, 0.5) is 0 Å². The molecule has 22 heavy (non-hydrogen) atoms. The van der Waals surface area contributed by atoms with Crippen molar-refractivity contribution >= 4 is 10.9 Å². The molecular weight excluding hydrogens is 272 g/mol. The summed E-state index contributed by atoms with van der Waals surface area (Å²) in [5, 5.41) is 4.30. The predicted octanol–water partition coefficient (Wildman–Crippen LogP) is 4.10. The van der Waals surface area contributed by atoms with Crippen molar-refractivity contribution in [1.29, 1.82) is 0 Å². The van der Waals surface area contributed by atoms with Crippen molar-refractivity contribution in [3.8, 4) is 11.5 Å². The highest BCUT2D eigenvalue weighted by molar-refractivity contribution is 5.81. The number of nitrogens with zero attached hydrogens (tertiary/aromatic N) is 1. The normalized spacial score (nSPS) is 10.8. The molecule has 3 rings (SSSR count). The molecule has 0 aliphatic carbocycles. The van der Waals surface area contributed by atoms with E-state index in [4.69, 9.17) is 9.72 Å². The van der Waals surface area contributed by atoms with Crippen LogP contribution in [-0.2, 0) is 6.42 Å². The van der Waals surface area contributed by atoms with Gasteiger partial charge in [-0.1, -0.05) is 18.2 Å². The molecule has 3 heteroatoms. The Balaban J connectivity index is 1.92. The van der Waals surface area contributed by atoms with E-state index < -0.39 is 0 Å². The molecule has 0 amide bonds. The van der Waals surface area contributed by atoms with Crippen molar-refractivity contribution in [2.45, 2.75) is 13.3 Å². The third-order valence-corrected chi connectivity index (χ3v) is 3.70. The molecule has 0 saturated heterocycles. The van der Waals surface area contributed by atoms with Gasteiger partial charge in [0.25, 0.3) is 0 Å². The monoisotopic (exact) mass is 292 g/mol. The molecule has 0 aliphatic heterocycles. The second-order valence-corrected chi connectivity index (χ2v) is 5.36. The third-order valence-electron chi connectivity index (χ3n) is 3.70. The maximum absolute atomic E-state index is 5.90. The Morgan fingerprint density at radius 3 is 2.59 bits per heavy atom. The smallest absolute Gasteiger partial charge is 0.128 e. The first-order chi connectivity index (χ1) is 10.8. The number of pyridine rings is 1. The van der Waals surface area contributed by atoms with Crippen LogP contribution in [-0.4, -0.2) is 18.6 Å². The van der Waals surface area contributed by atoms with E-state index in [2.05, 4.69) is 24.4 Å². The fourth-order valence-electron chi connectivity index (χ4n) is 2.50. The van der Waals surface area contributed by atoms with E-state index in [1.807, 2.05) is 49.5 Å². The standard InChI is InChI=1S/C19H20N2O/c1-14-15(10-11-20-2)12-16-13-18(8-9-19(16)21-14)22-17-6-4-3-5-7-17/h3-9,12-13,20H,10-11H2,1-2H3. The minimum atomic E-state index is 0.837. The Morgan fingerprint density at radius 2 is 1.82 bits per heavy atom. The van der Waals surface area contributed by atoms with Gasteiger partial charge in [0.2, 0.25) is 0 Å². The maximum Gasteiger partial charge on any atom is 0.128 e. The molecule has 3 aromatic rings. The van der Waals surface area contributed by atoms with Crippen LogP contribution < -0.4 is 10.1 Å². The number of benzene rings is 2. The Morgan fingerprint density at radius 1 is 1.00 bits per heavy atom. The highest BCUT2D eigenvalue weighted by atomic mass is 16.5. The fraction of sp³-hybridized carbons (Fsp3) is 0.211. The van der Waals surface area contributed by atoms with Crippen LogP contribution in [0.2, 0.25) is 0 Å². The lowest BCUT2D eigenvalue weighted by Crippen LogP contribution is -2.11. The van der Waals surface area contributed by atoms with Gasteiger partial charge in [-0.25, -0.2) is 0 Å². The van der Waals surface area contributed by atoms with Crippen molar-refractivity contribution in [1.82, 2.24) is 10.3 Å². The van der Waals surface area contributed by atoms with Crippen LogP contribution >= 0.6 is 0 Å². The quantitative estimate of drug-likeness (QED) is 0.769. The topological polar surface area (TPSA) is 34.1 Å². The van der Waals surface area contributed by atoms with Gasteiger partial charge in [0.05, 0.1) is 5.52 Å². The van der Waals surface area contributed by atoms with Crippen LogP contribution in [0.15, 0.2) is 54.6 Å². The number of ether oxygens (including phenoxy) is 1. The lowest BCUT2D eigenvalue weighted by atomic mass is 10.1. The Kier molecular flexibility index (Phi) is 4.35. The number of likely N-dealkylation sites (N-methyl/N-ethyl adjacent to an activating group) is 1. The van der Waals surface area contributed by atoms with E-state index in [1.54, 1.807) is 0 Å². The Labute approximate surface area is 131 Å². The summed E-state index contributed by atoms with van der Waals surface area (Å²) >= 11 is 0. The van der Waals surface area contributed by atoms with Gasteiger partial charge in [-0.05, 0) is 68.9 Å². The van der Waals surface area contributed by atoms with E-state index in [1.165, 1.54) is 5.56 Å². The molecule has 1 aromatic heterocycles. The molecule has 0 atom stereocenters. The van der Waals surface area contributed by atoms with Crippen LogP contribution in [0.3, 0.4) is 0 Å². The summed E-state index contributed by atoms with van der Waals surface area (Å²) in [6, 6.07) is 18.1. The first-order valence-electron chi connectivity index (χ1n) is 7.54. The number of nitrogens with one attached hydrogen (secondary N) is 1. The van der Waals surface area contributed by atoms with Crippen molar-refractivity contribution in [2.75, 3.05) is 13.6 Å². The third kappa shape index (κ3) is 3.26. The number of rotatable bonds is 5. The molecule has 0 spiro atoms. The molecule has 2 aromatic carbocycles. The molecule has 0 bridgehead atoms. The molecule has 0 radical (unpaired) electrons. The summed E-state index contributed by atoms with van der Waals surface area (Å²) in [6.45, 7) is 3.02. The van der Waals surface area contributed by atoms with Crippen LogP contribution in [0, 0.1) is 6.92 Å². The van der Waals surface area contributed by atoms with Gasteiger partial charge in [0.15, 0.2) is 0 Å². The highest BCUT2D eigenvalue weighted by Crippen LogP contribution is 2.26. The summed E-state index contributed by atoms with van der Waals surface area (Å²) in [4.78, 5) is 4.69. The van der Waals surface area contributed by atoms with Crippen molar-refractivity contribution in [3.05, 3.63) is 65.9 Å². The number of hydrogen-bond acceptors (Lipinski definition) is 3. The molecule has 1 heterocycles. The van der Waals surface area contributed by atoms with Gasteiger partial charge in [-0.3, -0.25) is 4.98 Å². The second-order valence-electron chi connectivity index (χ2n) is 5.36. The molecule has 1 N–H and O–H groups in total. The lowest BCUT2D eigenvalue weighted by Gasteiger charge is -2.10. The van der Waals surface area contributed by atoms with E-state index in [0.29, 0.717) is 0 Å². The van der Waals surface area contributed by atoms with Gasteiger partial charge in [0, 0.05) is 11.1 Å². The Bertz CT molecular complexity index is 769. The maximum atomic E-state index is 5.90. The molecule has 0 saturated carbocycles. The van der Waals surface area contributed by atoms with E-state index in [0.717, 1.165) is 41.1 Å². The fourth-order valence-corrected chi connectivity index (χ4v) is 2.50. The minimum absolute atomic E-state index is 0.837. The van der Waals surface area contributed by atoms with Crippen molar-refractivity contribution in [3.63, 3.8) is 0 Å². The number of para-hydroxylation sites is 1. The number of hydrogen-bond donors (Lipinski definition) is 1. The number of aryl methyl sites for hydroxylation is 1. The first kappa shape index (κ1) is 14.5. The zero-order chi connectivity index (χ0) is 15.4. The molecule has 0 fully saturated rings. The molecule has 3 nitrogen and oxygen atoms in total. The largest absolute Gasteiger partial charge is 0.457 e. The number of aromatic nitrogens is 1. The summed E-state index contributed by atoms with van der Waals surface area (Å²) < 4.78 is 5.90. The van der Waals surface area contributed by atoms with Gasteiger partial charge in [0.1, 0.15) is 11.5 Å². The van der Waals surface area contributed by atoms with Gasteiger partial charge < -0.3 is 10.1 Å². The van der Waals surface area contributed by atoms with Gasteiger partial charge >= 0.3 is 0 Å². The molecule has 0 unspecified atom stereocenters. The SMILES string of the molecule is CNCCc1cc2cc(Oc3ccccc3)ccc2nc1C. The van der Waals surface area contributed by atoms with Gasteiger partial charge in [-0.2, -0.15) is 0 Å². The Hall–Kier alpha value is -2.39. The van der Waals surface area contributed by atoms with Crippen LogP contribution in [0.25, 0.3) is 10.9 Å². The summed E-state index contributed by atoms with van der Waals surface area (Å²) in [5.41, 5.74) is 3.38. The average molecular weight is 292 g/mol. The summed E-state index contributed by atoms with van der Waals surface area (Å²) in [5.74, 6) is 1.68. The van der Waals surface area contributed by atoms with E-state index in [9.17, 15) is 0 Å². The highest BCUT2D eigenvalue weighted by Gasteiger charge is 2.05. The zero-order valence-corrected chi connectivity index (χ0v) is 13.0. The zero-order valence-electron chi connectivity index (χ0n) is 13.0. The van der Waals surface area contributed by atoms with Crippen LogP contribution in [0.5, 0.6) is 11.5 Å². The summed E-state index contributed by atoms with van der Waals surface area (Å²) in [7, 11) is 1.97. The van der Waals surface area contributed by atoms with E-state index >= 15 is 0 Å². The minimum Gasteiger partial charge on any atom is -0.457 e. The average Bonchev–Trinajstić information content (AvgIpc) is 2.54. The molecule has 0 aliphatic rings. The van der Waals surface area contributed by atoms with Crippen LogP contribution in [0.1, 0.15) is 11.3 Å². The first-order valence-corrected chi connectivity index (χ1v) is 7.54. The molecular formula is C19H20N2O. The molecule has 112 valence electrons. The lowest BCUT2D eigenvalue weighted by molar-refractivity contribution is 0.483. The second kappa shape index (κ2) is 6.58. The number of fused-ring (bicyclic) bond motifs is 1. The van der Waals surface area contributed by atoms with Crippen molar-refractivity contribution < 1.29 is 4.74 Å². The van der Waals surface area contributed by atoms with Gasteiger partial charge in [-0.15, -0.1) is 0 Å². The predicted molar refractivity (Wildman–Crippen MR) is 90.6 cm³/mol. The summed E-state index contributed by atoms with van der Waals surface area (Å²) in [6.07, 6.45) is 0.981. The van der Waals surface area contributed by atoms with Crippen molar-refractivity contribution in [2.24, 2.45) is 0 Å².